The molecule has 19 heavy (non-hydrogen) atoms. The quantitative estimate of drug-likeness (QED) is 0.865. The first kappa shape index (κ1) is 12.7. The average Bonchev–Trinajstić information content (AvgIpc) is 2.41. The lowest BCUT2D eigenvalue weighted by molar-refractivity contribution is -0.122. The van der Waals surface area contributed by atoms with Gasteiger partial charge in [0, 0.05) is 18.9 Å². The highest BCUT2D eigenvalue weighted by atomic mass is 16.1. The lowest BCUT2D eigenvalue weighted by Gasteiger charge is -2.30. The Hall–Kier alpha value is -1.35. The van der Waals surface area contributed by atoms with Gasteiger partial charge in [-0.15, -0.1) is 0 Å². The molecular formula is C16H22N2O. The molecule has 2 unspecified atom stereocenters. The third-order valence-corrected chi connectivity index (χ3v) is 4.38. The van der Waals surface area contributed by atoms with Crippen LogP contribution in [0, 0.1) is 5.92 Å². The van der Waals surface area contributed by atoms with E-state index in [1.165, 1.54) is 24.0 Å². The molecule has 0 saturated carbocycles. The molecule has 3 heteroatoms. The van der Waals surface area contributed by atoms with Crippen LogP contribution < -0.4 is 10.6 Å². The van der Waals surface area contributed by atoms with E-state index >= 15 is 0 Å². The predicted molar refractivity (Wildman–Crippen MR) is 76.1 cm³/mol. The predicted octanol–water partition coefficient (Wildman–Crippen LogP) is 1.83. The first-order chi connectivity index (χ1) is 9.33. The number of carbonyl (C=O) groups is 1. The Morgan fingerprint density at radius 1 is 1.37 bits per heavy atom. The minimum absolute atomic E-state index is 0.220. The fraction of sp³-hybridized carbons (Fsp3) is 0.562. The van der Waals surface area contributed by atoms with Crippen molar-refractivity contribution in [3.63, 3.8) is 0 Å². The van der Waals surface area contributed by atoms with Gasteiger partial charge in [0.1, 0.15) is 0 Å². The smallest absolute Gasteiger partial charge is 0.220 e. The number of piperidine rings is 1. The van der Waals surface area contributed by atoms with Gasteiger partial charge in [-0.1, -0.05) is 24.3 Å². The van der Waals surface area contributed by atoms with E-state index in [0.29, 0.717) is 18.3 Å². The number of hydrogen-bond acceptors (Lipinski definition) is 2. The van der Waals surface area contributed by atoms with Crippen LogP contribution in [0.3, 0.4) is 0 Å². The topological polar surface area (TPSA) is 41.1 Å². The van der Waals surface area contributed by atoms with Crippen molar-refractivity contribution >= 4 is 5.91 Å². The molecule has 1 aromatic rings. The van der Waals surface area contributed by atoms with E-state index in [1.807, 2.05) is 0 Å². The molecule has 1 amide bonds. The van der Waals surface area contributed by atoms with Crippen molar-refractivity contribution in [1.29, 1.82) is 0 Å². The largest absolute Gasteiger partial charge is 0.355 e. The maximum atomic E-state index is 11.9. The van der Waals surface area contributed by atoms with E-state index in [0.717, 1.165) is 26.1 Å². The Balaban J connectivity index is 1.42. The molecule has 2 N–H and O–H groups in total. The molecule has 1 heterocycles. The summed E-state index contributed by atoms with van der Waals surface area (Å²) in [6.45, 7) is 2.91. The summed E-state index contributed by atoms with van der Waals surface area (Å²) < 4.78 is 0. The van der Waals surface area contributed by atoms with Gasteiger partial charge in [0.05, 0.1) is 0 Å². The maximum absolute atomic E-state index is 11.9. The molecule has 1 fully saturated rings. The number of hydrogen-bond donors (Lipinski definition) is 2. The number of carbonyl (C=O) groups excluding carboxylic acids is 1. The van der Waals surface area contributed by atoms with Crippen LogP contribution in [0.4, 0.5) is 0 Å². The van der Waals surface area contributed by atoms with Crippen molar-refractivity contribution in [2.24, 2.45) is 5.92 Å². The Labute approximate surface area is 114 Å². The summed E-state index contributed by atoms with van der Waals surface area (Å²) >= 11 is 0. The SMILES string of the molecule is O=C(CC1CCCNC1)NCC1Cc2ccccc21. The Bertz CT molecular complexity index is 452. The summed E-state index contributed by atoms with van der Waals surface area (Å²) in [6, 6.07) is 8.53. The molecule has 0 spiro atoms. The summed E-state index contributed by atoms with van der Waals surface area (Å²) in [5.74, 6) is 1.28. The molecule has 2 atom stereocenters. The fourth-order valence-electron chi connectivity index (χ4n) is 3.21. The third-order valence-electron chi connectivity index (χ3n) is 4.38. The van der Waals surface area contributed by atoms with Crippen molar-refractivity contribution in [2.45, 2.75) is 31.6 Å². The van der Waals surface area contributed by atoms with Gasteiger partial charge in [0.15, 0.2) is 0 Å². The Kier molecular flexibility index (Phi) is 3.83. The highest BCUT2D eigenvalue weighted by Crippen LogP contribution is 2.34. The molecule has 0 aromatic heterocycles. The van der Waals surface area contributed by atoms with Gasteiger partial charge in [-0.2, -0.15) is 0 Å². The highest BCUT2D eigenvalue weighted by molar-refractivity contribution is 5.76. The van der Waals surface area contributed by atoms with Gasteiger partial charge in [0.2, 0.25) is 5.91 Å². The van der Waals surface area contributed by atoms with Gasteiger partial charge in [-0.3, -0.25) is 4.79 Å². The third kappa shape index (κ3) is 2.98. The second kappa shape index (κ2) is 5.74. The van der Waals surface area contributed by atoms with Crippen molar-refractivity contribution in [3.05, 3.63) is 35.4 Å². The molecule has 2 aliphatic rings. The van der Waals surface area contributed by atoms with Crippen molar-refractivity contribution in [1.82, 2.24) is 10.6 Å². The van der Waals surface area contributed by atoms with Gasteiger partial charge in [-0.05, 0) is 49.4 Å². The van der Waals surface area contributed by atoms with E-state index < -0.39 is 0 Å². The van der Waals surface area contributed by atoms with Crippen LogP contribution in [-0.4, -0.2) is 25.5 Å². The Morgan fingerprint density at radius 2 is 2.26 bits per heavy atom. The molecule has 1 aliphatic heterocycles. The molecule has 3 nitrogen and oxygen atoms in total. The molecule has 1 aromatic carbocycles. The standard InChI is InChI=1S/C16H22N2O/c19-16(8-12-4-3-7-17-10-12)18-11-14-9-13-5-1-2-6-15(13)14/h1-2,5-6,12,14,17H,3-4,7-11H2,(H,18,19). The minimum Gasteiger partial charge on any atom is -0.355 e. The maximum Gasteiger partial charge on any atom is 0.220 e. The molecule has 0 radical (unpaired) electrons. The van der Waals surface area contributed by atoms with Crippen LogP contribution in [-0.2, 0) is 11.2 Å². The van der Waals surface area contributed by atoms with Crippen molar-refractivity contribution in [2.75, 3.05) is 19.6 Å². The molecule has 0 bridgehead atoms. The zero-order valence-electron chi connectivity index (χ0n) is 11.3. The summed E-state index contributed by atoms with van der Waals surface area (Å²) in [7, 11) is 0. The fourth-order valence-corrected chi connectivity index (χ4v) is 3.21. The van der Waals surface area contributed by atoms with Gasteiger partial charge < -0.3 is 10.6 Å². The number of amides is 1. The van der Waals surface area contributed by atoms with E-state index in [4.69, 9.17) is 0 Å². The molecular weight excluding hydrogens is 236 g/mol. The van der Waals surface area contributed by atoms with Gasteiger partial charge >= 0.3 is 0 Å². The second-order valence-corrected chi connectivity index (χ2v) is 5.82. The lowest BCUT2D eigenvalue weighted by atomic mass is 9.77. The van der Waals surface area contributed by atoms with Crippen LogP contribution in [0.25, 0.3) is 0 Å². The second-order valence-electron chi connectivity index (χ2n) is 5.82. The van der Waals surface area contributed by atoms with Crippen LogP contribution in [0.5, 0.6) is 0 Å². The molecule has 1 saturated heterocycles. The lowest BCUT2D eigenvalue weighted by Crippen LogP contribution is -2.37. The Morgan fingerprint density at radius 3 is 3.05 bits per heavy atom. The zero-order valence-corrected chi connectivity index (χ0v) is 11.3. The van der Waals surface area contributed by atoms with Crippen molar-refractivity contribution in [3.8, 4) is 0 Å². The number of benzene rings is 1. The molecule has 1 aliphatic carbocycles. The van der Waals surface area contributed by atoms with Crippen LogP contribution in [0.1, 0.15) is 36.3 Å². The first-order valence-electron chi connectivity index (χ1n) is 7.38. The first-order valence-corrected chi connectivity index (χ1v) is 7.38. The van der Waals surface area contributed by atoms with E-state index in [1.54, 1.807) is 0 Å². The summed E-state index contributed by atoms with van der Waals surface area (Å²) in [4.78, 5) is 11.9. The van der Waals surface area contributed by atoms with Gasteiger partial charge in [0.25, 0.3) is 0 Å². The zero-order chi connectivity index (χ0) is 13.1. The van der Waals surface area contributed by atoms with Crippen molar-refractivity contribution < 1.29 is 4.79 Å². The van der Waals surface area contributed by atoms with Crippen LogP contribution >= 0.6 is 0 Å². The monoisotopic (exact) mass is 258 g/mol. The van der Waals surface area contributed by atoms with E-state index in [9.17, 15) is 4.79 Å². The summed E-state index contributed by atoms with van der Waals surface area (Å²) in [5, 5.41) is 6.47. The van der Waals surface area contributed by atoms with Crippen LogP contribution in [0.2, 0.25) is 0 Å². The van der Waals surface area contributed by atoms with Gasteiger partial charge in [-0.25, -0.2) is 0 Å². The average molecular weight is 258 g/mol. The number of nitrogens with one attached hydrogen (secondary N) is 2. The normalized spacial score (nSPS) is 25.3. The summed E-state index contributed by atoms with van der Waals surface area (Å²) in [6.07, 6.45) is 4.18. The summed E-state index contributed by atoms with van der Waals surface area (Å²) in [5.41, 5.74) is 2.86. The highest BCUT2D eigenvalue weighted by Gasteiger charge is 2.26. The number of rotatable bonds is 4. The van der Waals surface area contributed by atoms with Crippen LogP contribution in [0.15, 0.2) is 24.3 Å². The number of fused-ring (bicyclic) bond motifs is 1. The van der Waals surface area contributed by atoms with E-state index in [2.05, 4.69) is 34.9 Å². The molecule has 3 rings (SSSR count). The minimum atomic E-state index is 0.220. The van der Waals surface area contributed by atoms with E-state index in [-0.39, 0.29) is 5.91 Å². The molecule has 102 valence electrons.